The van der Waals surface area contributed by atoms with Crippen LogP contribution in [0, 0.1) is 5.92 Å². The molecule has 0 saturated carbocycles. The van der Waals surface area contributed by atoms with Crippen LogP contribution in [0.5, 0.6) is 0 Å². The summed E-state index contributed by atoms with van der Waals surface area (Å²) in [6.07, 6.45) is 1.33. The molecule has 5 N–H and O–H groups in total. The Kier molecular flexibility index (Phi) is 3.65. The quantitative estimate of drug-likeness (QED) is 0.214. The van der Waals surface area contributed by atoms with Gasteiger partial charge in [-0.1, -0.05) is 13.8 Å². The van der Waals surface area contributed by atoms with Crippen LogP contribution in [0.3, 0.4) is 0 Å². The Labute approximate surface area is 88.9 Å². The number of hydrazine groups is 1. The number of rotatable bonds is 5. The largest absolute Gasteiger partial charge is 0.323 e. The first kappa shape index (κ1) is 11.9. The third kappa shape index (κ3) is 2.27. The zero-order valence-electron chi connectivity index (χ0n) is 9.09. The van der Waals surface area contributed by atoms with E-state index in [1.165, 1.54) is 0 Å². The summed E-state index contributed by atoms with van der Waals surface area (Å²) in [6.45, 7) is 4.46. The Hall–Kier alpha value is -1.14. The SMILES string of the molecule is CC(C)C1(CCCNN)NC(=O)NC1=O. The van der Waals surface area contributed by atoms with Crippen molar-refractivity contribution in [2.75, 3.05) is 6.54 Å². The lowest BCUT2D eigenvalue weighted by molar-refractivity contribution is -0.125. The van der Waals surface area contributed by atoms with E-state index in [0.29, 0.717) is 13.0 Å². The normalized spacial score (nSPS) is 25.6. The van der Waals surface area contributed by atoms with Crippen molar-refractivity contribution in [2.45, 2.75) is 32.2 Å². The third-order valence-corrected chi connectivity index (χ3v) is 2.85. The number of nitrogens with one attached hydrogen (secondary N) is 3. The van der Waals surface area contributed by atoms with E-state index in [-0.39, 0.29) is 11.8 Å². The van der Waals surface area contributed by atoms with Gasteiger partial charge in [-0.25, -0.2) is 4.79 Å². The van der Waals surface area contributed by atoms with Crippen LogP contribution in [0.1, 0.15) is 26.7 Å². The van der Waals surface area contributed by atoms with E-state index in [2.05, 4.69) is 16.1 Å². The first-order chi connectivity index (χ1) is 7.03. The van der Waals surface area contributed by atoms with Gasteiger partial charge in [0.1, 0.15) is 5.54 Å². The molecule has 0 spiro atoms. The summed E-state index contributed by atoms with van der Waals surface area (Å²) >= 11 is 0. The summed E-state index contributed by atoms with van der Waals surface area (Å²) < 4.78 is 0. The van der Waals surface area contributed by atoms with Gasteiger partial charge in [0, 0.05) is 6.54 Å². The highest BCUT2D eigenvalue weighted by Gasteiger charge is 2.47. The fourth-order valence-corrected chi connectivity index (χ4v) is 1.85. The lowest BCUT2D eigenvalue weighted by Crippen LogP contribution is -2.51. The van der Waals surface area contributed by atoms with E-state index >= 15 is 0 Å². The molecule has 15 heavy (non-hydrogen) atoms. The van der Waals surface area contributed by atoms with E-state index in [9.17, 15) is 9.59 Å². The van der Waals surface area contributed by atoms with Gasteiger partial charge in [-0.3, -0.25) is 21.4 Å². The fraction of sp³-hybridized carbons (Fsp3) is 0.778. The van der Waals surface area contributed by atoms with Crippen molar-refractivity contribution >= 4 is 11.9 Å². The average molecular weight is 214 g/mol. The van der Waals surface area contributed by atoms with Crippen LogP contribution < -0.4 is 21.9 Å². The maximum Gasteiger partial charge on any atom is 0.322 e. The molecule has 0 aromatic carbocycles. The van der Waals surface area contributed by atoms with E-state index in [1.54, 1.807) is 0 Å². The molecule has 1 rings (SSSR count). The lowest BCUT2D eigenvalue weighted by Gasteiger charge is -2.30. The molecule has 1 aliphatic heterocycles. The Morgan fingerprint density at radius 1 is 1.47 bits per heavy atom. The summed E-state index contributed by atoms with van der Waals surface area (Å²) in [5, 5.41) is 4.98. The van der Waals surface area contributed by atoms with Crippen molar-refractivity contribution in [3.05, 3.63) is 0 Å². The highest BCUT2D eigenvalue weighted by atomic mass is 16.2. The van der Waals surface area contributed by atoms with Gasteiger partial charge < -0.3 is 5.32 Å². The Morgan fingerprint density at radius 3 is 2.53 bits per heavy atom. The predicted molar refractivity (Wildman–Crippen MR) is 55.7 cm³/mol. The molecule has 0 aromatic heterocycles. The minimum Gasteiger partial charge on any atom is -0.323 e. The van der Waals surface area contributed by atoms with Gasteiger partial charge in [0.05, 0.1) is 0 Å². The van der Waals surface area contributed by atoms with E-state index in [0.717, 1.165) is 6.42 Å². The van der Waals surface area contributed by atoms with Gasteiger partial charge in [0.25, 0.3) is 5.91 Å². The third-order valence-electron chi connectivity index (χ3n) is 2.85. The van der Waals surface area contributed by atoms with Gasteiger partial charge in [-0.05, 0) is 18.8 Å². The standard InChI is InChI=1S/C9H18N4O2/c1-6(2)9(4-3-5-11-10)7(14)12-8(15)13-9/h6,11H,3-5,10H2,1-2H3,(H2,12,13,14,15). The van der Waals surface area contributed by atoms with E-state index < -0.39 is 11.6 Å². The Morgan fingerprint density at radius 2 is 2.13 bits per heavy atom. The number of carbonyl (C=O) groups is 2. The van der Waals surface area contributed by atoms with E-state index in [1.807, 2.05) is 13.8 Å². The van der Waals surface area contributed by atoms with Crippen LogP contribution in [0.15, 0.2) is 0 Å². The lowest BCUT2D eigenvalue weighted by atomic mass is 9.82. The van der Waals surface area contributed by atoms with Crippen molar-refractivity contribution in [1.29, 1.82) is 0 Å². The smallest absolute Gasteiger partial charge is 0.322 e. The van der Waals surface area contributed by atoms with Crippen LogP contribution in [0.25, 0.3) is 0 Å². The molecule has 6 heteroatoms. The summed E-state index contributed by atoms with van der Waals surface area (Å²) in [5.74, 6) is 4.98. The highest BCUT2D eigenvalue weighted by Crippen LogP contribution is 2.26. The van der Waals surface area contributed by atoms with Gasteiger partial charge in [0.15, 0.2) is 0 Å². The topological polar surface area (TPSA) is 96.2 Å². The molecule has 1 fully saturated rings. The summed E-state index contributed by atoms with van der Waals surface area (Å²) in [4.78, 5) is 22.8. The molecule has 0 radical (unpaired) electrons. The summed E-state index contributed by atoms with van der Waals surface area (Å²) in [7, 11) is 0. The number of amides is 3. The number of urea groups is 1. The average Bonchev–Trinajstić information content (AvgIpc) is 2.43. The van der Waals surface area contributed by atoms with Gasteiger partial charge in [-0.15, -0.1) is 0 Å². The van der Waals surface area contributed by atoms with E-state index in [4.69, 9.17) is 5.84 Å². The zero-order valence-corrected chi connectivity index (χ0v) is 9.09. The minimum atomic E-state index is -0.770. The second kappa shape index (κ2) is 4.59. The molecule has 0 aromatic rings. The molecule has 1 aliphatic rings. The van der Waals surface area contributed by atoms with Crippen LogP contribution in [-0.2, 0) is 4.79 Å². The van der Waals surface area contributed by atoms with Gasteiger partial charge in [-0.2, -0.15) is 0 Å². The molecular formula is C9H18N4O2. The maximum atomic E-state index is 11.7. The van der Waals surface area contributed by atoms with Crippen molar-refractivity contribution in [3.63, 3.8) is 0 Å². The molecule has 1 saturated heterocycles. The molecular weight excluding hydrogens is 196 g/mol. The van der Waals surface area contributed by atoms with Crippen molar-refractivity contribution < 1.29 is 9.59 Å². The van der Waals surface area contributed by atoms with Crippen LogP contribution in [0.2, 0.25) is 0 Å². The molecule has 86 valence electrons. The fourth-order valence-electron chi connectivity index (χ4n) is 1.85. The van der Waals surface area contributed by atoms with Crippen molar-refractivity contribution in [3.8, 4) is 0 Å². The second-order valence-electron chi connectivity index (χ2n) is 4.09. The first-order valence-corrected chi connectivity index (χ1v) is 5.10. The minimum absolute atomic E-state index is 0.0572. The molecule has 1 unspecified atom stereocenters. The van der Waals surface area contributed by atoms with Gasteiger partial charge in [0.2, 0.25) is 0 Å². The number of imide groups is 1. The zero-order chi connectivity index (χ0) is 11.5. The van der Waals surface area contributed by atoms with Crippen LogP contribution in [0.4, 0.5) is 4.79 Å². The number of carbonyl (C=O) groups excluding carboxylic acids is 2. The van der Waals surface area contributed by atoms with Crippen LogP contribution in [-0.4, -0.2) is 24.0 Å². The monoisotopic (exact) mass is 214 g/mol. The predicted octanol–water partition coefficient (Wildman–Crippen LogP) is -0.536. The number of hydrogen-bond donors (Lipinski definition) is 4. The number of nitrogens with two attached hydrogens (primary N) is 1. The summed E-state index contributed by atoms with van der Waals surface area (Å²) in [5.41, 5.74) is 1.76. The van der Waals surface area contributed by atoms with Crippen molar-refractivity contribution in [2.24, 2.45) is 11.8 Å². The summed E-state index contributed by atoms with van der Waals surface area (Å²) in [6, 6.07) is -0.408. The number of hydrogen-bond acceptors (Lipinski definition) is 4. The molecule has 6 nitrogen and oxygen atoms in total. The molecule has 3 amide bonds. The van der Waals surface area contributed by atoms with Crippen molar-refractivity contribution in [1.82, 2.24) is 16.1 Å². The Balaban J connectivity index is 2.71. The highest BCUT2D eigenvalue weighted by molar-refractivity contribution is 6.07. The molecule has 1 atom stereocenters. The van der Waals surface area contributed by atoms with Crippen LogP contribution >= 0.6 is 0 Å². The van der Waals surface area contributed by atoms with Gasteiger partial charge >= 0.3 is 6.03 Å². The second-order valence-corrected chi connectivity index (χ2v) is 4.09. The molecule has 0 aliphatic carbocycles. The maximum absolute atomic E-state index is 11.7. The molecule has 0 bridgehead atoms. The molecule has 1 heterocycles. The first-order valence-electron chi connectivity index (χ1n) is 5.10. The Bertz CT molecular complexity index is 267.